The van der Waals surface area contributed by atoms with Crippen LogP contribution in [0.25, 0.3) is 0 Å². The van der Waals surface area contributed by atoms with Crippen molar-refractivity contribution in [2.45, 2.75) is 32.4 Å². The maximum absolute atomic E-state index is 5.54. The number of methoxy groups -OCH3 is 1. The third-order valence-electron chi connectivity index (χ3n) is 4.52. The van der Waals surface area contributed by atoms with Crippen LogP contribution in [0.3, 0.4) is 0 Å². The van der Waals surface area contributed by atoms with Gasteiger partial charge >= 0.3 is 0 Å². The van der Waals surface area contributed by atoms with Crippen molar-refractivity contribution >= 4 is 0 Å². The standard InChI is InChI=1S/C19H23NO/c1-14-11-17-16(9-6-10-19(17)21-2)13-20-18(14)12-15-7-4-3-5-8-15/h3-10,14,18,20H,11-13H2,1-2H3. The summed E-state index contributed by atoms with van der Waals surface area (Å²) < 4.78 is 5.54. The van der Waals surface area contributed by atoms with E-state index in [0.29, 0.717) is 12.0 Å². The molecule has 1 N–H and O–H groups in total. The first-order valence-electron chi connectivity index (χ1n) is 7.70. The van der Waals surface area contributed by atoms with Crippen molar-refractivity contribution in [3.8, 4) is 5.75 Å². The van der Waals surface area contributed by atoms with E-state index in [1.807, 2.05) is 0 Å². The van der Waals surface area contributed by atoms with Gasteiger partial charge in [-0.05, 0) is 41.5 Å². The van der Waals surface area contributed by atoms with Gasteiger partial charge in [-0.2, -0.15) is 0 Å². The number of hydrogen-bond acceptors (Lipinski definition) is 2. The van der Waals surface area contributed by atoms with E-state index in [4.69, 9.17) is 4.74 Å². The minimum Gasteiger partial charge on any atom is -0.496 e. The predicted octanol–water partition coefficient (Wildman–Crippen LogP) is 3.59. The van der Waals surface area contributed by atoms with Gasteiger partial charge in [0.15, 0.2) is 0 Å². The molecule has 2 aromatic carbocycles. The summed E-state index contributed by atoms with van der Waals surface area (Å²) >= 11 is 0. The Hall–Kier alpha value is -1.80. The Kier molecular flexibility index (Phi) is 4.26. The van der Waals surface area contributed by atoms with E-state index in [1.165, 1.54) is 16.7 Å². The first-order valence-corrected chi connectivity index (χ1v) is 7.70. The average Bonchev–Trinajstić information content (AvgIpc) is 2.68. The highest BCUT2D eigenvalue weighted by atomic mass is 16.5. The van der Waals surface area contributed by atoms with E-state index < -0.39 is 0 Å². The lowest BCUT2D eigenvalue weighted by Crippen LogP contribution is -2.35. The highest BCUT2D eigenvalue weighted by Crippen LogP contribution is 2.29. The molecule has 0 bridgehead atoms. The molecule has 110 valence electrons. The molecule has 2 nitrogen and oxygen atoms in total. The highest BCUT2D eigenvalue weighted by molar-refractivity contribution is 5.41. The molecule has 0 aromatic heterocycles. The van der Waals surface area contributed by atoms with Crippen LogP contribution in [-0.4, -0.2) is 13.2 Å². The fraction of sp³-hybridized carbons (Fsp3) is 0.368. The van der Waals surface area contributed by atoms with Crippen LogP contribution in [0.15, 0.2) is 48.5 Å². The molecule has 0 aliphatic carbocycles. The summed E-state index contributed by atoms with van der Waals surface area (Å²) in [5, 5.41) is 3.73. The first-order chi connectivity index (χ1) is 10.3. The van der Waals surface area contributed by atoms with Gasteiger partial charge in [-0.3, -0.25) is 0 Å². The molecule has 2 heteroatoms. The second-order valence-corrected chi connectivity index (χ2v) is 5.96. The van der Waals surface area contributed by atoms with Gasteiger partial charge in [-0.1, -0.05) is 49.4 Å². The summed E-state index contributed by atoms with van der Waals surface area (Å²) in [5.41, 5.74) is 4.15. The Morgan fingerprint density at radius 2 is 1.90 bits per heavy atom. The lowest BCUT2D eigenvalue weighted by atomic mass is 9.90. The fourth-order valence-corrected chi connectivity index (χ4v) is 3.25. The summed E-state index contributed by atoms with van der Waals surface area (Å²) in [6.07, 6.45) is 2.15. The fourth-order valence-electron chi connectivity index (χ4n) is 3.25. The van der Waals surface area contributed by atoms with Gasteiger partial charge in [0, 0.05) is 12.6 Å². The van der Waals surface area contributed by atoms with Gasteiger partial charge in [0.05, 0.1) is 7.11 Å². The van der Waals surface area contributed by atoms with E-state index in [9.17, 15) is 0 Å². The summed E-state index contributed by atoms with van der Waals surface area (Å²) in [7, 11) is 1.76. The lowest BCUT2D eigenvalue weighted by Gasteiger charge is -2.22. The number of fused-ring (bicyclic) bond motifs is 1. The van der Waals surface area contributed by atoms with Crippen molar-refractivity contribution in [2.75, 3.05) is 7.11 Å². The van der Waals surface area contributed by atoms with Crippen LogP contribution >= 0.6 is 0 Å². The molecule has 0 saturated carbocycles. The molecule has 2 unspecified atom stereocenters. The normalized spacial score (nSPS) is 21.4. The molecule has 2 aromatic rings. The largest absolute Gasteiger partial charge is 0.496 e. The van der Waals surface area contributed by atoms with Crippen molar-refractivity contribution in [1.29, 1.82) is 0 Å². The maximum atomic E-state index is 5.54. The molecule has 2 atom stereocenters. The number of nitrogens with one attached hydrogen (secondary N) is 1. The van der Waals surface area contributed by atoms with E-state index in [0.717, 1.165) is 25.1 Å². The van der Waals surface area contributed by atoms with Crippen molar-refractivity contribution in [1.82, 2.24) is 5.32 Å². The van der Waals surface area contributed by atoms with Crippen molar-refractivity contribution < 1.29 is 4.74 Å². The lowest BCUT2D eigenvalue weighted by molar-refractivity contribution is 0.375. The molecule has 0 radical (unpaired) electrons. The van der Waals surface area contributed by atoms with E-state index in [2.05, 4.69) is 60.8 Å². The van der Waals surface area contributed by atoms with Gasteiger partial charge in [-0.25, -0.2) is 0 Å². The summed E-state index contributed by atoms with van der Waals surface area (Å²) in [6.45, 7) is 3.26. The minimum absolute atomic E-state index is 0.504. The van der Waals surface area contributed by atoms with Crippen LogP contribution in [0.4, 0.5) is 0 Å². The van der Waals surface area contributed by atoms with Crippen LogP contribution < -0.4 is 10.1 Å². The second-order valence-electron chi connectivity index (χ2n) is 5.96. The third kappa shape index (κ3) is 3.11. The monoisotopic (exact) mass is 281 g/mol. The molecular formula is C19H23NO. The molecule has 1 heterocycles. The van der Waals surface area contributed by atoms with Gasteiger partial charge in [0.25, 0.3) is 0 Å². The molecule has 21 heavy (non-hydrogen) atoms. The number of benzene rings is 2. The van der Waals surface area contributed by atoms with Crippen molar-refractivity contribution in [2.24, 2.45) is 5.92 Å². The maximum Gasteiger partial charge on any atom is 0.122 e. The Bertz CT molecular complexity index is 594. The highest BCUT2D eigenvalue weighted by Gasteiger charge is 2.24. The molecule has 0 spiro atoms. The van der Waals surface area contributed by atoms with Crippen LogP contribution in [0.2, 0.25) is 0 Å². The molecule has 3 rings (SSSR count). The molecule has 0 saturated heterocycles. The molecule has 1 aliphatic rings. The number of rotatable bonds is 3. The molecule has 0 amide bonds. The van der Waals surface area contributed by atoms with Crippen LogP contribution in [-0.2, 0) is 19.4 Å². The van der Waals surface area contributed by atoms with Crippen molar-refractivity contribution in [3.63, 3.8) is 0 Å². The summed E-state index contributed by atoms with van der Waals surface area (Å²) in [6, 6.07) is 17.6. The van der Waals surface area contributed by atoms with E-state index in [-0.39, 0.29) is 0 Å². The van der Waals surface area contributed by atoms with Gasteiger partial charge < -0.3 is 10.1 Å². The minimum atomic E-state index is 0.504. The number of ether oxygens (including phenoxy) is 1. The van der Waals surface area contributed by atoms with Gasteiger partial charge in [0.2, 0.25) is 0 Å². The zero-order chi connectivity index (χ0) is 14.7. The van der Waals surface area contributed by atoms with Crippen LogP contribution in [0, 0.1) is 5.92 Å². The zero-order valence-corrected chi connectivity index (χ0v) is 12.8. The van der Waals surface area contributed by atoms with E-state index in [1.54, 1.807) is 7.11 Å². The van der Waals surface area contributed by atoms with Crippen molar-refractivity contribution in [3.05, 3.63) is 65.2 Å². The third-order valence-corrected chi connectivity index (χ3v) is 4.52. The SMILES string of the molecule is COc1cccc2c1CC(C)C(Cc1ccccc1)NC2. The van der Waals surface area contributed by atoms with Crippen LogP contribution in [0.5, 0.6) is 5.75 Å². The smallest absolute Gasteiger partial charge is 0.122 e. The quantitative estimate of drug-likeness (QED) is 0.928. The van der Waals surface area contributed by atoms with Crippen LogP contribution in [0.1, 0.15) is 23.6 Å². The number of hydrogen-bond donors (Lipinski definition) is 1. The Morgan fingerprint density at radius 3 is 2.67 bits per heavy atom. The van der Waals surface area contributed by atoms with Gasteiger partial charge in [0.1, 0.15) is 5.75 Å². The topological polar surface area (TPSA) is 21.3 Å². The summed E-state index contributed by atoms with van der Waals surface area (Å²) in [5.74, 6) is 1.62. The first kappa shape index (κ1) is 14.2. The Balaban J connectivity index is 1.80. The average molecular weight is 281 g/mol. The molecular weight excluding hydrogens is 258 g/mol. The Labute approximate surface area is 127 Å². The predicted molar refractivity (Wildman–Crippen MR) is 86.6 cm³/mol. The van der Waals surface area contributed by atoms with E-state index >= 15 is 0 Å². The summed E-state index contributed by atoms with van der Waals surface area (Å²) in [4.78, 5) is 0. The zero-order valence-electron chi connectivity index (χ0n) is 12.8. The Morgan fingerprint density at radius 1 is 1.10 bits per heavy atom. The molecule has 0 fully saturated rings. The molecule has 1 aliphatic heterocycles. The second kappa shape index (κ2) is 6.31. The van der Waals surface area contributed by atoms with Gasteiger partial charge in [-0.15, -0.1) is 0 Å².